The molecule has 0 aliphatic carbocycles. The fourth-order valence-electron chi connectivity index (χ4n) is 1.98. The van der Waals surface area contributed by atoms with Crippen LogP contribution in [0.2, 0.25) is 0 Å². The zero-order valence-corrected chi connectivity index (χ0v) is 13.0. The SMILES string of the molecule is CCOC(=O)CN(C(=O)c1ccc(CCN)cc1)C(C)C. The number of esters is 1. The Morgan fingerprint density at radius 3 is 2.33 bits per heavy atom. The third-order valence-electron chi connectivity index (χ3n) is 3.12. The van der Waals surface area contributed by atoms with Crippen molar-refractivity contribution in [3.63, 3.8) is 0 Å². The predicted octanol–water partition coefficient (Wildman–Crippen LogP) is 1.60. The molecule has 0 aliphatic rings. The van der Waals surface area contributed by atoms with E-state index in [2.05, 4.69) is 0 Å². The Morgan fingerprint density at radius 2 is 1.86 bits per heavy atom. The molecule has 0 radical (unpaired) electrons. The Labute approximate surface area is 126 Å². The van der Waals surface area contributed by atoms with Crippen molar-refractivity contribution in [2.45, 2.75) is 33.2 Å². The molecule has 116 valence electrons. The van der Waals surface area contributed by atoms with E-state index >= 15 is 0 Å². The van der Waals surface area contributed by atoms with E-state index in [1.165, 1.54) is 4.90 Å². The molecular weight excluding hydrogens is 268 g/mol. The lowest BCUT2D eigenvalue weighted by Gasteiger charge is -2.25. The molecule has 1 aromatic carbocycles. The molecular formula is C16H24N2O3. The average molecular weight is 292 g/mol. The number of benzene rings is 1. The second kappa shape index (κ2) is 8.42. The summed E-state index contributed by atoms with van der Waals surface area (Å²) >= 11 is 0. The van der Waals surface area contributed by atoms with Gasteiger partial charge in [-0.3, -0.25) is 9.59 Å². The molecule has 0 aliphatic heterocycles. The van der Waals surface area contributed by atoms with Crippen LogP contribution in [0.3, 0.4) is 0 Å². The minimum absolute atomic E-state index is 0.0328. The summed E-state index contributed by atoms with van der Waals surface area (Å²) < 4.78 is 4.91. The smallest absolute Gasteiger partial charge is 0.325 e. The first-order valence-electron chi connectivity index (χ1n) is 7.25. The van der Waals surface area contributed by atoms with Crippen LogP contribution in [-0.2, 0) is 16.0 Å². The molecule has 0 saturated heterocycles. The maximum Gasteiger partial charge on any atom is 0.325 e. The van der Waals surface area contributed by atoms with Crippen LogP contribution in [0.5, 0.6) is 0 Å². The zero-order valence-electron chi connectivity index (χ0n) is 13.0. The summed E-state index contributed by atoms with van der Waals surface area (Å²) in [6, 6.07) is 7.25. The lowest BCUT2D eigenvalue weighted by atomic mass is 10.1. The number of hydrogen-bond acceptors (Lipinski definition) is 4. The van der Waals surface area contributed by atoms with Gasteiger partial charge >= 0.3 is 5.97 Å². The van der Waals surface area contributed by atoms with Crippen LogP contribution in [0.4, 0.5) is 0 Å². The number of amides is 1. The second-order valence-corrected chi connectivity index (χ2v) is 5.07. The average Bonchev–Trinajstić information content (AvgIpc) is 2.45. The number of hydrogen-bond donors (Lipinski definition) is 1. The second-order valence-electron chi connectivity index (χ2n) is 5.07. The predicted molar refractivity (Wildman–Crippen MR) is 82.0 cm³/mol. The number of rotatable bonds is 7. The quantitative estimate of drug-likeness (QED) is 0.775. The Kier molecular flexibility index (Phi) is 6.88. The maximum absolute atomic E-state index is 12.5. The van der Waals surface area contributed by atoms with Crippen molar-refractivity contribution in [2.24, 2.45) is 5.73 Å². The zero-order chi connectivity index (χ0) is 15.8. The molecule has 5 nitrogen and oxygen atoms in total. The molecule has 2 N–H and O–H groups in total. The fraction of sp³-hybridized carbons (Fsp3) is 0.500. The Morgan fingerprint density at radius 1 is 1.24 bits per heavy atom. The van der Waals surface area contributed by atoms with Crippen LogP contribution in [0.15, 0.2) is 24.3 Å². The molecule has 1 rings (SSSR count). The molecule has 0 bridgehead atoms. The summed E-state index contributed by atoms with van der Waals surface area (Å²) in [6.07, 6.45) is 0.783. The van der Waals surface area contributed by atoms with E-state index in [0.717, 1.165) is 12.0 Å². The molecule has 5 heteroatoms. The van der Waals surface area contributed by atoms with Crippen molar-refractivity contribution < 1.29 is 14.3 Å². The third-order valence-corrected chi connectivity index (χ3v) is 3.12. The van der Waals surface area contributed by atoms with Gasteiger partial charge in [0.05, 0.1) is 6.61 Å². The molecule has 0 saturated carbocycles. The van der Waals surface area contributed by atoms with Gasteiger partial charge in [0.15, 0.2) is 0 Å². The van der Waals surface area contributed by atoms with Crippen LogP contribution in [0, 0.1) is 0 Å². The van der Waals surface area contributed by atoms with E-state index in [1.807, 2.05) is 26.0 Å². The molecule has 1 amide bonds. The highest BCUT2D eigenvalue weighted by Crippen LogP contribution is 2.11. The molecule has 0 fully saturated rings. The van der Waals surface area contributed by atoms with Crippen LogP contribution in [-0.4, -0.2) is 42.5 Å². The van der Waals surface area contributed by atoms with Gasteiger partial charge in [0.1, 0.15) is 6.54 Å². The molecule has 0 spiro atoms. The third kappa shape index (κ3) is 5.19. The lowest BCUT2D eigenvalue weighted by Crippen LogP contribution is -2.41. The number of carbonyl (C=O) groups is 2. The lowest BCUT2D eigenvalue weighted by molar-refractivity contribution is -0.144. The van der Waals surface area contributed by atoms with Crippen LogP contribution in [0.25, 0.3) is 0 Å². The van der Waals surface area contributed by atoms with Gasteiger partial charge < -0.3 is 15.4 Å². The van der Waals surface area contributed by atoms with Gasteiger partial charge in [-0.25, -0.2) is 0 Å². The molecule has 0 aromatic heterocycles. The Bertz CT molecular complexity index is 469. The van der Waals surface area contributed by atoms with Gasteiger partial charge in [-0.2, -0.15) is 0 Å². The number of carbonyl (C=O) groups excluding carboxylic acids is 2. The molecule has 1 aromatic rings. The Hall–Kier alpha value is -1.88. The summed E-state index contributed by atoms with van der Waals surface area (Å²) in [4.78, 5) is 25.6. The maximum atomic E-state index is 12.5. The minimum atomic E-state index is -0.390. The van der Waals surface area contributed by atoms with E-state index in [9.17, 15) is 9.59 Å². The van der Waals surface area contributed by atoms with E-state index in [4.69, 9.17) is 10.5 Å². The van der Waals surface area contributed by atoms with E-state index in [-0.39, 0.29) is 24.5 Å². The van der Waals surface area contributed by atoms with Crippen LogP contribution < -0.4 is 5.73 Å². The van der Waals surface area contributed by atoms with E-state index in [1.54, 1.807) is 19.1 Å². The summed E-state index contributed by atoms with van der Waals surface area (Å²) in [6.45, 7) is 6.35. The van der Waals surface area contributed by atoms with Gasteiger partial charge in [0.2, 0.25) is 0 Å². The normalized spacial score (nSPS) is 10.5. The highest BCUT2D eigenvalue weighted by atomic mass is 16.5. The van der Waals surface area contributed by atoms with Crippen molar-refractivity contribution in [3.8, 4) is 0 Å². The largest absolute Gasteiger partial charge is 0.465 e. The van der Waals surface area contributed by atoms with E-state index < -0.39 is 0 Å². The topological polar surface area (TPSA) is 72.6 Å². The van der Waals surface area contributed by atoms with Crippen molar-refractivity contribution in [1.29, 1.82) is 0 Å². The standard InChI is InChI=1S/C16H24N2O3/c1-4-21-15(19)11-18(12(2)3)16(20)14-7-5-13(6-8-14)9-10-17/h5-8,12H,4,9-11,17H2,1-3H3. The number of nitrogens with zero attached hydrogens (tertiary/aromatic N) is 1. The first-order chi connectivity index (χ1) is 9.99. The first-order valence-corrected chi connectivity index (χ1v) is 7.25. The Balaban J connectivity index is 2.82. The fourth-order valence-corrected chi connectivity index (χ4v) is 1.98. The molecule has 0 heterocycles. The molecule has 21 heavy (non-hydrogen) atoms. The number of nitrogens with two attached hydrogens (primary N) is 1. The van der Waals surface area contributed by atoms with Crippen LogP contribution in [0.1, 0.15) is 36.7 Å². The summed E-state index contributed by atoms with van der Waals surface area (Å²) in [7, 11) is 0. The van der Waals surface area contributed by atoms with Crippen LogP contribution >= 0.6 is 0 Å². The minimum Gasteiger partial charge on any atom is -0.465 e. The summed E-state index contributed by atoms with van der Waals surface area (Å²) in [5, 5.41) is 0. The van der Waals surface area contributed by atoms with Crippen molar-refractivity contribution in [3.05, 3.63) is 35.4 Å². The van der Waals surface area contributed by atoms with Gasteiger partial charge in [-0.15, -0.1) is 0 Å². The van der Waals surface area contributed by atoms with Crippen molar-refractivity contribution in [1.82, 2.24) is 4.90 Å². The highest BCUT2D eigenvalue weighted by Gasteiger charge is 2.22. The van der Waals surface area contributed by atoms with E-state index in [0.29, 0.717) is 18.7 Å². The number of ether oxygens (including phenoxy) is 1. The van der Waals surface area contributed by atoms with Gasteiger partial charge in [0, 0.05) is 11.6 Å². The van der Waals surface area contributed by atoms with Gasteiger partial charge in [-0.1, -0.05) is 12.1 Å². The monoisotopic (exact) mass is 292 g/mol. The molecule has 0 unspecified atom stereocenters. The molecule has 0 atom stereocenters. The first kappa shape index (κ1) is 17.2. The van der Waals surface area contributed by atoms with Gasteiger partial charge in [0.25, 0.3) is 5.91 Å². The van der Waals surface area contributed by atoms with Crippen molar-refractivity contribution in [2.75, 3.05) is 19.7 Å². The summed E-state index contributed by atoms with van der Waals surface area (Å²) in [5.74, 6) is -0.559. The van der Waals surface area contributed by atoms with Crippen molar-refractivity contribution >= 4 is 11.9 Å². The highest BCUT2D eigenvalue weighted by molar-refractivity contribution is 5.96. The van der Waals surface area contributed by atoms with Gasteiger partial charge in [-0.05, 0) is 51.4 Å². The summed E-state index contributed by atoms with van der Waals surface area (Å²) in [5.41, 5.74) is 7.16.